The molecule has 28 heavy (non-hydrogen) atoms. The minimum absolute atomic E-state index is 0.218. The van der Waals surface area contributed by atoms with Crippen molar-refractivity contribution in [3.63, 3.8) is 0 Å². The lowest BCUT2D eigenvalue weighted by Crippen LogP contribution is -2.26. The molecule has 4 aliphatic carbocycles. The Bertz CT molecular complexity index is 498. The molecule has 0 aliphatic heterocycles. The molecule has 0 bridgehead atoms. The van der Waals surface area contributed by atoms with Crippen LogP contribution in [0.2, 0.25) is 0 Å². The molecule has 0 saturated heterocycles. The van der Waals surface area contributed by atoms with E-state index in [2.05, 4.69) is 16.0 Å². The number of rotatable bonds is 6. The minimum Gasteiger partial charge on any atom is -0.446 e. The van der Waals surface area contributed by atoms with Gasteiger partial charge >= 0.3 is 18.3 Å². The second-order valence-corrected chi connectivity index (χ2v) is 7.41. The first-order chi connectivity index (χ1) is 13.5. The van der Waals surface area contributed by atoms with Crippen molar-refractivity contribution < 1.29 is 28.6 Å². The zero-order valence-electron chi connectivity index (χ0n) is 16.8. The van der Waals surface area contributed by atoms with Crippen molar-refractivity contribution in [2.24, 2.45) is 0 Å². The summed E-state index contributed by atoms with van der Waals surface area (Å²) in [6.45, 7) is 2.73. The first kappa shape index (κ1) is 22.1. The molecule has 160 valence electrons. The van der Waals surface area contributed by atoms with E-state index in [1.165, 1.54) is 0 Å². The van der Waals surface area contributed by atoms with Crippen molar-refractivity contribution in [2.45, 2.75) is 89.1 Å². The van der Waals surface area contributed by atoms with Gasteiger partial charge in [0.05, 0.1) is 0 Å². The zero-order valence-corrected chi connectivity index (χ0v) is 16.8. The molecule has 0 atom stereocenters. The zero-order chi connectivity index (χ0) is 20.4. The molecular weight excluding hydrogens is 366 g/mol. The quantitative estimate of drug-likeness (QED) is 0.592. The fraction of sp³-hybridized carbons (Fsp3) is 0.842. The molecule has 0 spiro atoms. The Balaban J connectivity index is 0.000000151. The number of hydrogen-bond donors (Lipinski definition) is 3. The highest BCUT2D eigenvalue weighted by molar-refractivity contribution is 5.68. The second kappa shape index (κ2) is 11.6. The summed E-state index contributed by atoms with van der Waals surface area (Å²) in [6, 6.07) is 0.422. The lowest BCUT2D eigenvalue weighted by atomic mass is 10.5. The van der Waals surface area contributed by atoms with Gasteiger partial charge in [-0.15, -0.1) is 0 Å². The number of ether oxygens (including phenoxy) is 3. The Kier molecular flexibility index (Phi) is 9.16. The van der Waals surface area contributed by atoms with Crippen LogP contribution in [0.25, 0.3) is 0 Å². The molecule has 9 heteroatoms. The molecular formula is C19H33N3O6. The molecule has 0 heterocycles. The number of carbonyl (C=O) groups excluding carboxylic acids is 3. The van der Waals surface area contributed by atoms with Gasteiger partial charge in [-0.25, -0.2) is 14.4 Å². The molecule has 9 nitrogen and oxygen atoms in total. The highest BCUT2D eigenvalue weighted by Crippen LogP contribution is 2.25. The van der Waals surface area contributed by atoms with Gasteiger partial charge in [0.25, 0.3) is 0 Å². The Morgan fingerprint density at radius 2 is 1.21 bits per heavy atom. The van der Waals surface area contributed by atoms with E-state index in [0.29, 0.717) is 12.6 Å². The van der Waals surface area contributed by atoms with Crippen molar-refractivity contribution in [3.8, 4) is 0 Å². The van der Waals surface area contributed by atoms with Gasteiger partial charge in [-0.2, -0.15) is 0 Å². The van der Waals surface area contributed by atoms with Crippen LogP contribution in [0.4, 0.5) is 14.4 Å². The molecule has 3 N–H and O–H groups in total. The SMILES string of the molecule is CCCNC(=O)OC1CC1.CNC(=O)OC1CC1.O=C(NC1CC1)OC1CC1. The molecule has 0 aromatic rings. The average Bonchev–Trinajstić information content (AvgIpc) is 3.46. The molecule has 0 unspecified atom stereocenters. The van der Waals surface area contributed by atoms with E-state index in [4.69, 9.17) is 14.2 Å². The van der Waals surface area contributed by atoms with Crippen molar-refractivity contribution in [1.29, 1.82) is 0 Å². The van der Waals surface area contributed by atoms with Crippen molar-refractivity contribution in [1.82, 2.24) is 16.0 Å². The Labute approximate surface area is 166 Å². The largest absolute Gasteiger partial charge is 0.446 e. The van der Waals surface area contributed by atoms with Crippen molar-refractivity contribution in [2.75, 3.05) is 13.6 Å². The summed E-state index contributed by atoms with van der Waals surface area (Å²) in [4.78, 5) is 31.9. The van der Waals surface area contributed by atoms with Gasteiger partial charge in [0.2, 0.25) is 0 Å². The highest BCUT2D eigenvalue weighted by Gasteiger charge is 2.29. The molecule has 4 fully saturated rings. The van der Waals surface area contributed by atoms with Crippen LogP contribution in [0.15, 0.2) is 0 Å². The molecule has 0 radical (unpaired) electrons. The Hall–Kier alpha value is -2.19. The monoisotopic (exact) mass is 399 g/mol. The van der Waals surface area contributed by atoms with Gasteiger partial charge < -0.3 is 30.2 Å². The van der Waals surface area contributed by atoms with Crippen LogP contribution in [0.5, 0.6) is 0 Å². The average molecular weight is 399 g/mol. The predicted octanol–water partition coefficient (Wildman–Crippen LogP) is 2.83. The summed E-state index contributed by atoms with van der Waals surface area (Å²) in [5, 5.41) is 7.78. The third-order valence-corrected chi connectivity index (χ3v) is 4.02. The summed E-state index contributed by atoms with van der Waals surface area (Å²) in [6.07, 6.45) is 9.35. The topological polar surface area (TPSA) is 115 Å². The van der Waals surface area contributed by atoms with E-state index in [-0.39, 0.29) is 36.6 Å². The Morgan fingerprint density at radius 3 is 1.61 bits per heavy atom. The van der Waals surface area contributed by atoms with Crippen LogP contribution in [-0.4, -0.2) is 56.2 Å². The van der Waals surface area contributed by atoms with Gasteiger partial charge in [0.1, 0.15) is 18.3 Å². The molecule has 4 aliphatic rings. The first-order valence-electron chi connectivity index (χ1n) is 10.3. The van der Waals surface area contributed by atoms with Crippen LogP contribution in [0, 0.1) is 0 Å². The fourth-order valence-corrected chi connectivity index (χ4v) is 1.77. The van der Waals surface area contributed by atoms with E-state index >= 15 is 0 Å². The van der Waals surface area contributed by atoms with Crippen LogP contribution in [0.3, 0.4) is 0 Å². The predicted molar refractivity (Wildman–Crippen MR) is 102 cm³/mol. The maximum atomic E-state index is 10.8. The van der Waals surface area contributed by atoms with Crippen molar-refractivity contribution in [3.05, 3.63) is 0 Å². The van der Waals surface area contributed by atoms with Gasteiger partial charge in [-0.1, -0.05) is 6.92 Å². The van der Waals surface area contributed by atoms with E-state index < -0.39 is 0 Å². The third kappa shape index (κ3) is 12.2. The first-order valence-corrected chi connectivity index (χ1v) is 10.3. The van der Waals surface area contributed by atoms with Crippen LogP contribution < -0.4 is 16.0 Å². The van der Waals surface area contributed by atoms with Crippen LogP contribution >= 0.6 is 0 Å². The van der Waals surface area contributed by atoms with E-state index in [1.54, 1.807) is 7.05 Å². The Morgan fingerprint density at radius 1 is 0.750 bits per heavy atom. The third-order valence-electron chi connectivity index (χ3n) is 4.02. The van der Waals surface area contributed by atoms with Gasteiger partial charge in [0, 0.05) is 19.6 Å². The smallest absolute Gasteiger partial charge is 0.407 e. The summed E-state index contributed by atoms with van der Waals surface area (Å²) in [7, 11) is 1.56. The summed E-state index contributed by atoms with van der Waals surface area (Å²) in [5.74, 6) is 0. The maximum absolute atomic E-state index is 10.8. The van der Waals surface area contributed by atoms with E-state index in [9.17, 15) is 14.4 Å². The van der Waals surface area contributed by atoms with Gasteiger partial charge in [-0.05, 0) is 57.8 Å². The molecule has 0 aromatic carbocycles. The minimum atomic E-state index is -0.312. The normalized spacial score (nSPS) is 19.5. The number of hydrogen-bond acceptors (Lipinski definition) is 6. The highest BCUT2D eigenvalue weighted by atomic mass is 16.6. The van der Waals surface area contributed by atoms with E-state index in [0.717, 1.165) is 57.8 Å². The summed E-state index contributed by atoms with van der Waals surface area (Å²) >= 11 is 0. The fourth-order valence-electron chi connectivity index (χ4n) is 1.77. The van der Waals surface area contributed by atoms with E-state index in [1.807, 2.05) is 6.92 Å². The molecule has 3 amide bonds. The number of carbonyl (C=O) groups is 3. The van der Waals surface area contributed by atoms with Gasteiger partial charge in [-0.3, -0.25) is 0 Å². The standard InChI is InChI=1S/C7H11NO2.C7H13NO2.C5H9NO2/c9-7(8-5-1-2-5)10-6-3-4-6;1-2-5-8-7(9)10-6-3-4-6;1-6-5(7)8-4-2-3-4/h5-6H,1-4H2,(H,8,9);6H,2-5H2,1H3,(H,8,9);4H,2-3H2,1H3,(H,6,7). The number of nitrogens with one attached hydrogen (secondary N) is 3. The molecule has 0 aromatic heterocycles. The summed E-state index contributed by atoms with van der Waals surface area (Å²) < 4.78 is 14.6. The maximum Gasteiger partial charge on any atom is 0.407 e. The van der Waals surface area contributed by atoms with Crippen LogP contribution in [-0.2, 0) is 14.2 Å². The summed E-state index contributed by atoms with van der Waals surface area (Å²) in [5.41, 5.74) is 0. The molecule has 4 saturated carbocycles. The van der Waals surface area contributed by atoms with Crippen molar-refractivity contribution >= 4 is 18.3 Å². The lowest BCUT2D eigenvalue weighted by molar-refractivity contribution is 0.138. The second-order valence-electron chi connectivity index (χ2n) is 7.41. The number of amides is 3. The lowest BCUT2D eigenvalue weighted by Gasteiger charge is -2.02. The van der Waals surface area contributed by atoms with Gasteiger partial charge in [0.15, 0.2) is 0 Å². The van der Waals surface area contributed by atoms with Crippen LogP contribution in [0.1, 0.15) is 64.7 Å². The molecule has 4 rings (SSSR count). The number of alkyl carbamates (subject to hydrolysis) is 3.